The molecule has 0 fully saturated rings. The fourth-order valence-corrected chi connectivity index (χ4v) is 2.26. The summed E-state index contributed by atoms with van der Waals surface area (Å²) in [5.74, 6) is 0. The number of nitro groups is 1. The minimum Gasteiger partial charge on any atom is -0.380 e. The smallest absolute Gasteiger partial charge is 0.271 e. The quantitative estimate of drug-likeness (QED) is 0.625. The van der Waals surface area contributed by atoms with Crippen LogP contribution in [0, 0.1) is 17.0 Å². The molecule has 0 saturated heterocycles. The third-order valence-electron chi connectivity index (χ3n) is 2.87. The van der Waals surface area contributed by atoms with E-state index in [9.17, 15) is 10.1 Å². The average Bonchev–Trinajstić information content (AvgIpc) is 2.41. The standard InChI is InChI=1S/C14H12BrClN2O2/c1-9-6-10(2-4-12(9)15)8-17-14-5-3-11(18(19)20)7-13(14)16/h2-7,17H,8H2,1H3. The molecule has 104 valence electrons. The molecule has 0 unspecified atom stereocenters. The summed E-state index contributed by atoms with van der Waals surface area (Å²) in [7, 11) is 0. The molecule has 0 radical (unpaired) electrons. The van der Waals surface area contributed by atoms with E-state index in [0.717, 1.165) is 15.6 Å². The zero-order chi connectivity index (χ0) is 14.7. The van der Waals surface area contributed by atoms with Gasteiger partial charge in [0.2, 0.25) is 0 Å². The van der Waals surface area contributed by atoms with Gasteiger partial charge in [0.25, 0.3) is 5.69 Å². The Labute approximate surface area is 130 Å². The maximum absolute atomic E-state index is 10.6. The zero-order valence-corrected chi connectivity index (χ0v) is 13.0. The minimum atomic E-state index is -0.465. The van der Waals surface area contributed by atoms with Gasteiger partial charge in [0.15, 0.2) is 0 Å². The maximum Gasteiger partial charge on any atom is 0.271 e. The molecular formula is C14H12BrClN2O2. The molecule has 20 heavy (non-hydrogen) atoms. The van der Waals surface area contributed by atoms with Crippen LogP contribution in [0.4, 0.5) is 11.4 Å². The van der Waals surface area contributed by atoms with E-state index in [2.05, 4.69) is 27.3 Å². The van der Waals surface area contributed by atoms with E-state index in [0.29, 0.717) is 17.3 Å². The van der Waals surface area contributed by atoms with Gasteiger partial charge in [0.1, 0.15) is 0 Å². The summed E-state index contributed by atoms with van der Waals surface area (Å²) in [5.41, 5.74) is 2.93. The van der Waals surface area contributed by atoms with Crippen LogP contribution in [0.25, 0.3) is 0 Å². The predicted molar refractivity (Wildman–Crippen MR) is 84.3 cm³/mol. The highest BCUT2D eigenvalue weighted by Gasteiger charge is 2.09. The van der Waals surface area contributed by atoms with Crippen LogP contribution >= 0.6 is 27.5 Å². The fraction of sp³-hybridized carbons (Fsp3) is 0.143. The number of nitro benzene ring substituents is 1. The number of hydrogen-bond acceptors (Lipinski definition) is 3. The normalized spacial score (nSPS) is 10.3. The summed E-state index contributed by atoms with van der Waals surface area (Å²) in [5, 5.41) is 14.1. The molecule has 0 bridgehead atoms. The number of nitrogens with one attached hydrogen (secondary N) is 1. The topological polar surface area (TPSA) is 55.2 Å². The third kappa shape index (κ3) is 3.49. The fourth-order valence-electron chi connectivity index (χ4n) is 1.77. The SMILES string of the molecule is Cc1cc(CNc2ccc([N+](=O)[O-])cc2Cl)ccc1Br. The molecule has 0 aliphatic carbocycles. The average molecular weight is 356 g/mol. The minimum absolute atomic E-state index is 0.0139. The van der Waals surface area contributed by atoms with Crippen LogP contribution in [0.3, 0.4) is 0 Å². The molecule has 6 heteroatoms. The van der Waals surface area contributed by atoms with Crippen LogP contribution < -0.4 is 5.32 Å². The number of nitrogens with zero attached hydrogens (tertiary/aromatic N) is 1. The largest absolute Gasteiger partial charge is 0.380 e. The summed E-state index contributed by atoms with van der Waals surface area (Å²) in [6.45, 7) is 2.62. The van der Waals surface area contributed by atoms with Gasteiger partial charge in [-0.2, -0.15) is 0 Å². The molecule has 0 atom stereocenters. The second-order valence-corrected chi connectivity index (χ2v) is 5.62. The summed E-state index contributed by atoms with van der Waals surface area (Å²) >= 11 is 9.47. The van der Waals surface area contributed by atoms with Crippen molar-refractivity contribution in [2.45, 2.75) is 13.5 Å². The molecule has 4 nitrogen and oxygen atoms in total. The molecule has 0 saturated carbocycles. The van der Waals surface area contributed by atoms with Crippen molar-refractivity contribution in [2.75, 3.05) is 5.32 Å². The van der Waals surface area contributed by atoms with Gasteiger partial charge in [0, 0.05) is 23.2 Å². The molecule has 2 aromatic rings. The van der Waals surface area contributed by atoms with Gasteiger partial charge in [-0.05, 0) is 30.2 Å². The van der Waals surface area contributed by atoms with Gasteiger partial charge in [-0.25, -0.2) is 0 Å². The second kappa shape index (κ2) is 6.24. The molecular weight excluding hydrogens is 344 g/mol. The number of rotatable bonds is 4. The Bertz CT molecular complexity index is 662. The van der Waals surface area contributed by atoms with Gasteiger partial charge in [0.05, 0.1) is 15.6 Å². The Morgan fingerprint density at radius 2 is 2.05 bits per heavy atom. The van der Waals surface area contributed by atoms with Crippen molar-refractivity contribution in [3.05, 3.63) is 67.1 Å². The number of hydrogen-bond donors (Lipinski definition) is 1. The van der Waals surface area contributed by atoms with Crippen molar-refractivity contribution in [1.29, 1.82) is 0 Å². The zero-order valence-electron chi connectivity index (χ0n) is 10.7. The van der Waals surface area contributed by atoms with Gasteiger partial charge in [-0.3, -0.25) is 10.1 Å². The predicted octanol–water partition coefficient (Wildman–Crippen LogP) is 4.93. The lowest BCUT2D eigenvalue weighted by atomic mass is 10.1. The van der Waals surface area contributed by atoms with Crippen LogP contribution in [0.15, 0.2) is 40.9 Å². The first-order valence-corrected chi connectivity index (χ1v) is 7.07. The number of benzene rings is 2. The summed E-state index contributed by atoms with van der Waals surface area (Å²) in [4.78, 5) is 10.2. The van der Waals surface area contributed by atoms with Gasteiger partial charge in [-0.1, -0.05) is 39.7 Å². The van der Waals surface area contributed by atoms with E-state index in [1.807, 2.05) is 19.1 Å². The summed E-state index contributed by atoms with van der Waals surface area (Å²) < 4.78 is 1.06. The van der Waals surface area contributed by atoms with Gasteiger partial charge in [-0.15, -0.1) is 0 Å². The summed E-state index contributed by atoms with van der Waals surface area (Å²) in [6, 6.07) is 10.5. The second-order valence-electron chi connectivity index (χ2n) is 4.36. The molecule has 0 amide bonds. The monoisotopic (exact) mass is 354 g/mol. The molecule has 0 heterocycles. The van der Waals surface area contributed by atoms with Crippen molar-refractivity contribution in [1.82, 2.24) is 0 Å². The molecule has 1 N–H and O–H groups in total. The Balaban J connectivity index is 2.10. The lowest BCUT2D eigenvalue weighted by Gasteiger charge is -2.09. The van der Waals surface area contributed by atoms with E-state index in [1.165, 1.54) is 12.1 Å². The number of non-ortho nitro benzene ring substituents is 1. The molecule has 0 spiro atoms. The van der Waals surface area contributed by atoms with Crippen molar-refractivity contribution in [3.8, 4) is 0 Å². The number of halogens is 2. The first kappa shape index (κ1) is 14.8. The Kier molecular flexibility index (Phi) is 4.62. The maximum atomic E-state index is 10.6. The molecule has 0 aromatic heterocycles. The highest BCUT2D eigenvalue weighted by molar-refractivity contribution is 9.10. The van der Waals surface area contributed by atoms with E-state index >= 15 is 0 Å². The van der Waals surface area contributed by atoms with Crippen LogP contribution in [-0.4, -0.2) is 4.92 Å². The highest BCUT2D eigenvalue weighted by atomic mass is 79.9. The van der Waals surface area contributed by atoms with Crippen molar-refractivity contribution in [2.24, 2.45) is 0 Å². The van der Waals surface area contributed by atoms with Gasteiger partial charge < -0.3 is 5.32 Å². The van der Waals surface area contributed by atoms with Gasteiger partial charge >= 0.3 is 0 Å². The van der Waals surface area contributed by atoms with Crippen LogP contribution in [-0.2, 0) is 6.54 Å². The van der Waals surface area contributed by atoms with E-state index in [-0.39, 0.29) is 5.69 Å². The van der Waals surface area contributed by atoms with Crippen molar-refractivity contribution < 1.29 is 4.92 Å². The first-order chi connectivity index (χ1) is 9.47. The van der Waals surface area contributed by atoms with Crippen LogP contribution in [0.5, 0.6) is 0 Å². The lowest BCUT2D eigenvalue weighted by Crippen LogP contribution is -2.00. The molecule has 0 aliphatic rings. The van der Waals surface area contributed by atoms with E-state index in [4.69, 9.17) is 11.6 Å². The Hall–Kier alpha value is -1.59. The van der Waals surface area contributed by atoms with Crippen LogP contribution in [0.2, 0.25) is 5.02 Å². The van der Waals surface area contributed by atoms with Crippen LogP contribution in [0.1, 0.15) is 11.1 Å². The molecule has 2 aromatic carbocycles. The number of anilines is 1. The highest BCUT2D eigenvalue weighted by Crippen LogP contribution is 2.27. The van der Waals surface area contributed by atoms with Crippen molar-refractivity contribution >= 4 is 38.9 Å². The van der Waals surface area contributed by atoms with E-state index in [1.54, 1.807) is 6.07 Å². The Morgan fingerprint density at radius 1 is 1.30 bits per heavy atom. The third-order valence-corrected chi connectivity index (χ3v) is 4.07. The lowest BCUT2D eigenvalue weighted by molar-refractivity contribution is -0.384. The molecule has 2 rings (SSSR count). The first-order valence-electron chi connectivity index (χ1n) is 5.90. The molecule has 0 aliphatic heterocycles. The Morgan fingerprint density at radius 3 is 2.65 bits per heavy atom. The number of aryl methyl sites for hydroxylation is 1. The van der Waals surface area contributed by atoms with E-state index < -0.39 is 4.92 Å². The summed E-state index contributed by atoms with van der Waals surface area (Å²) in [6.07, 6.45) is 0. The van der Waals surface area contributed by atoms with Crippen molar-refractivity contribution in [3.63, 3.8) is 0 Å².